The average Bonchev–Trinajstić information content (AvgIpc) is 3.12. The molecule has 0 amide bonds. The second-order valence-corrected chi connectivity index (χ2v) is 7.23. The van der Waals surface area contributed by atoms with Crippen LogP contribution >= 0.6 is 11.6 Å². The number of halogens is 1. The molecule has 0 saturated carbocycles. The van der Waals surface area contributed by atoms with Crippen molar-refractivity contribution in [3.63, 3.8) is 0 Å². The predicted molar refractivity (Wildman–Crippen MR) is 118 cm³/mol. The maximum atomic E-state index is 6.21. The number of para-hydroxylation sites is 4. The van der Waals surface area contributed by atoms with Gasteiger partial charge in [-0.05, 0) is 49.2 Å². The molecule has 0 unspecified atom stereocenters. The van der Waals surface area contributed by atoms with Crippen molar-refractivity contribution in [3.05, 3.63) is 77.8 Å². The summed E-state index contributed by atoms with van der Waals surface area (Å²) in [4.78, 5) is 4.85. The Hall–Kier alpha value is -2.98. The third kappa shape index (κ3) is 4.38. The van der Waals surface area contributed by atoms with Gasteiger partial charge in [-0.2, -0.15) is 0 Å². The number of methoxy groups -OCH3 is 1. The SMILES string of the molecule is COc1ccccc1OCCCCn1c(-c2cccc(Cl)c2)nc2ccccc21. The third-order valence-corrected chi connectivity index (χ3v) is 5.08. The summed E-state index contributed by atoms with van der Waals surface area (Å²) in [5.74, 6) is 2.48. The number of benzene rings is 3. The molecule has 4 nitrogen and oxygen atoms in total. The Morgan fingerprint density at radius 2 is 1.69 bits per heavy atom. The smallest absolute Gasteiger partial charge is 0.161 e. The van der Waals surface area contributed by atoms with Gasteiger partial charge in [0, 0.05) is 17.1 Å². The first-order valence-electron chi connectivity index (χ1n) is 9.73. The van der Waals surface area contributed by atoms with Gasteiger partial charge in [0.15, 0.2) is 11.5 Å². The molecule has 4 aromatic rings. The highest BCUT2D eigenvalue weighted by atomic mass is 35.5. The van der Waals surface area contributed by atoms with Crippen LogP contribution < -0.4 is 9.47 Å². The molecule has 0 atom stereocenters. The van der Waals surface area contributed by atoms with E-state index >= 15 is 0 Å². The van der Waals surface area contributed by atoms with E-state index in [-0.39, 0.29) is 0 Å². The van der Waals surface area contributed by atoms with Gasteiger partial charge in [-0.1, -0.05) is 48.0 Å². The Kier molecular flexibility index (Phi) is 6.01. The maximum absolute atomic E-state index is 6.21. The maximum Gasteiger partial charge on any atom is 0.161 e. The molecule has 0 N–H and O–H groups in total. The number of hydrogen-bond donors (Lipinski definition) is 0. The number of nitrogens with zero attached hydrogens (tertiary/aromatic N) is 2. The van der Waals surface area contributed by atoms with E-state index < -0.39 is 0 Å². The third-order valence-electron chi connectivity index (χ3n) is 4.84. The molecule has 0 saturated heterocycles. The molecule has 29 heavy (non-hydrogen) atoms. The lowest BCUT2D eigenvalue weighted by Crippen LogP contribution is -2.04. The first-order valence-corrected chi connectivity index (χ1v) is 10.1. The van der Waals surface area contributed by atoms with Gasteiger partial charge < -0.3 is 14.0 Å². The minimum absolute atomic E-state index is 0.638. The quantitative estimate of drug-likeness (QED) is 0.326. The van der Waals surface area contributed by atoms with Crippen molar-refractivity contribution < 1.29 is 9.47 Å². The van der Waals surface area contributed by atoms with Crippen LogP contribution in [0.3, 0.4) is 0 Å². The van der Waals surface area contributed by atoms with E-state index in [1.807, 2.05) is 66.7 Å². The van der Waals surface area contributed by atoms with Crippen molar-refractivity contribution in [3.8, 4) is 22.9 Å². The highest BCUT2D eigenvalue weighted by Crippen LogP contribution is 2.28. The van der Waals surface area contributed by atoms with Crippen molar-refractivity contribution in [1.29, 1.82) is 0 Å². The number of fused-ring (bicyclic) bond motifs is 1. The molecule has 0 bridgehead atoms. The van der Waals surface area contributed by atoms with Crippen LogP contribution in [0.5, 0.6) is 11.5 Å². The van der Waals surface area contributed by atoms with Crippen molar-refractivity contribution >= 4 is 22.6 Å². The fraction of sp³-hybridized carbons (Fsp3) is 0.208. The molecular formula is C24H23ClN2O2. The number of ether oxygens (including phenoxy) is 2. The summed E-state index contributed by atoms with van der Waals surface area (Å²) in [7, 11) is 1.66. The van der Waals surface area contributed by atoms with Crippen molar-refractivity contribution in [2.75, 3.05) is 13.7 Å². The fourth-order valence-electron chi connectivity index (χ4n) is 3.44. The van der Waals surface area contributed by atoms with Crippen molar-refractivity contribution in [2.24, 2.45) is 0 Å². The molecule has 0 spiro atoms. The van der Waals surface area contributed by atoms with Crippen LogP contribution in [-0.4, -0.2) is 23.3 Å². The highest BCUT2D eigenvalue weighted by molar-refractivity contribution is 6.30. The first-order chi connectivity index (χ1) is 14.3. The molecular weight excluding hydrogens is 384 g/mol. The van der Waals surface area contributed by atoms with Crippen LogP contribution in [0, 0.1) is 0 Å². The number of aromatic nitrogens is 2. The Balaban J connectivity index is 1.47. The van der Waals surface area contributed by atoms with Crippen LogP contribution in [0.4, 0.5) is 0 Å². The lowest BCUT2D eigenvalue weighted by Gasteiger charge is -2.12. The number of hydrogen-bond acceptors (Lipinski definition) is 3. The standard InChI is InChI=1S/C24H23ClN2O2/c1-28-22-13-4-5-14-23(22)29-16-7-6-15-27-21-12-3-2-11-20(21)26-24(27)18-9-8-10-19(25)17-18/h2-5,8-14,17H,6-7,15-16H2,1H3. The second-order valence-electron chi connectivity index (χ2n) is 6.79. The number of aryl methyl sites for hydroxylation is 1. The summed E-state index contributed by atoms with van der Waals surface area (Å²) in [6.45, 7) is 1.50. The summed E-state index contributed by atoms with van der Waals surface area (Å²) in [5.41, 5.74) is 3.15. The number of rotatable bonds is 8. The largest absolute Gasteiger partial charge is 0.493 e. The molecule has 5 heteroatoms. The van der Waals surface area contributed by atoms with Crippen LogP contribution in [0.1, 0.15) is 12.8 Å². The minimum Gasteiger partial charge on any atom is -0.493 e. The predicted octanol–water partition coefficient (Wildman–Crippen LogP) is 6.22. The van der Waals surface area contributed by atoms with Crippen LogP contribution in [0.2, 0.25) is 5.02 Å². The summed E-state index contributed by atoms with van der Waals surface area (Å²) in [5, 5.41) is 0.714. The van der Waals surface area contributed by atoms with Gasteiger partial charge in [-0.25, -0.2) is 4.98 Å². The topological polar surface area (TPSA) is 36.3 Å². The van der Waals surface area contributed by atoms with E-state index in [9.17, 15) is 0 Å². The van der Waals surface area contributed by atoms with Crippen LogP contribution in [0.15, 0.2) is 72.8 Å². The van der Waals surface area contributed by atoms with Crippen molar-refractivity contribution in [2.45, 2.75) is 19.4 Å². The van der Waals surface area contributed by atoms with Gasteiger partial charge in [-0.3, -0.25) is 0 Å². The molecule has 1 aromatic heterocycles. The summed E-state index contributed by atoms with van der Waals surface area (Å²) in [6.07, 6.45) is 1.91. The lowest BCUT2D eigenvalue weighted by molar-refractivity contribution is 0.284. The number of unbranched alkanes of at least 4 members (excludes halogenated alkanes) is 1. The van der Waals surface area contributed by atoms with Gasteiger partial charge in [0.25, 0.3) is 0 Å². The molecule has 0 aliphatic heterocycles. The Morgan fingerprint density at radius 3 is 2.52 bits per heavy atom. The Morgan fingerprint density at radius 1 is 0.897 bits per heavy atom. The zero-order chi connectivity index (χ0) is 20.1. The average molecular weight is 407 g/mol. The van der Waals surface area contributed by atoms with Gasteiger partial charge in [0.2, 0.25) is 0 Å². The van der Waals surface area contributed by atoms with Crippen molar-refractivity contribution in [1.82, 2.24) is 9.55 Å². The Bertz CT molecular complexity index is 1110. The molecule has 1 heterocycles. The van der Waals surface area contributed by atoms with E-state index in [1.165, 1.54) is 0 Å². The Labute approximate surface area is 175 Å². The summed E-state index contributed by atoms with van der Waals surface area (Å²) in [6, 6.07) is 23.8. The van der Waals surface area contributed by atoms with E-state index in [0.29, 0.717) is 11.6 Å². The van der Waals surface area contributed by atoms with E-state index in [4.69, 9.17) is 26.1 Å². The lowest BCUT2D eigenvalue weighted by atomic mass is 10.2. The molecule has 0 radical (unpaired) electrons. The number of imidazole rings is 1. The summed E-state index contributed by atoms with van der Waals surface area (Å²) >= 11 is 6.21. The fourth-order valence-corrected chi connectivity index (χ4v) is 3.63. The first kappa shape index (κ1) is 19.3. The normalized spacial score (nSPS) is 11.0. The van der Waals surface area contributed by atoms with Crippen LogP contribution in [0.25, 0.3) is 22.4 Å². The summed E-state index contributed by atoms with van der Waals surface area (Å²) < 4.78 is 13.5. The van der Waals surface area contributed by atoms with Gasteiger partial charge in [-0.15, -0.1) is 0 Å². The van der Waals surface area contributed by atoms with Crippen LogP contribution in [-0.2, 0) is 6.54 Å². The minimum atomic E-state index is 0.638. The van der Waals surface area contributed by atoms with Gasteiger partial charge in [0.1, 0.15) is 5.82 Å². The molecule has 4 rings (SSSR count). The van der Waals surface area contributed by atoms with Gasteiger partial charge in [0.05, 0.1) is 24.8 Å². The zero-order valence-corrected chi connectivity index (χ0v) is 17.1. The van der Waals surface area contributed by atoms with E-state index in [0.717, 1.165) is 53.3 Å². The molecule has 0 aliphatic rings. The second kappa shape index (κ2) is 9.01. The molecule has 0 fully saturated rings. The highest BCUT2D eigenvalue weighted by Gasteiger charge is 2.12. The molecule has 3 aromatic carbocycles. The monoisotopic (exact) mass is 406 g/mol. The van der Waals surface area contributed by atoms with E-state index in [1.54, 1.807) is 7.11 Å². The van der Waals surface area contributed by atoms with Gasteiger partial charge >= 0.3 is 0 Å². The van der Waals surface area contributed by atoms with E-state index in [2.05, 4.69) is 10.6 Å². The molecule has 148 valence electrons. The zero-order valence-electron chi connectivity index (χ0n) is 16.3. The molecule has 0 aliphatic carbocycles.